The standard InChI is InChI=1S/C22H22FNO4/c1-26-20-10-7-15(13-21(20)27-2)14-24-22(25)12-9-16-8-11-19(28-16)17-5-3-4-6-18(17)23/h3-8,10-11,13H,9,12,14H2,1-2H3,(H,24,25). The Bertz CT molecular complexity index is 951. The van der Waals surface area contributed by atoms with Gasteiger partial charge >= 0.3 is 0 Å². The summed E-state index contributed by atoms with van der Waals surface area (Å²) in [5.41, 5.74) is 1.32. The normalized spacial score (nSPS) is 10.5. The van der Waals surface area contributed by atoms with Crippen molar-refractivity contribution >= 4 is 5.91 Å². The SMILES string of the molecule is COc1ccc(CNC(=O)CCc2ccc(-c3ccccc3F)o2)cc1OC. The Morgan fingerprint density at radius 2 is 1.82 bits per heavy atom. The first-order chi connectivity index (χ1) is 13.6. The van der Waals surface area contributed by atoms with Gasteiger partial charge in [0.1, 0.15) is 17.3 Å². The second kappa shape index (κ2) is 9.08. The lowest BCUT2D eigenvalue weighted by atomic mass is 10.1. The molecule has 1 N–H and O–H groups in total. The highest BCUT2D eigenvalue weighted by Gasteiger charge is 2.11. The summed E-state index contributed by atoms with van der Waals surface area (Å²) in [4.78, 5) is 12.1. The number of hydrogen-bond donors (Lipinski definition) is 1. The summed E-state index contributed by atoms with van der Waals surface area (Å²) >= 11 is 0. The van der Waals surface area contributed by atoms with Gasteiger partial charge in [-0.1, -0.05) is 18.2 Å². The van der Waals surface area contributed by atoms with Crippen molar-refractivity contribution in [2.75, 3.05) is 14.2 Å². The zero-order chi connectivity index (χ0) is 19.9. The van der Waals surface area contributed by atoms with Gasteiger partial charge in [-0.2, -0.15) is 0 Å². The average molecular weight is 383 g/mol. The van der Waals surface area contributed by atoms with Gasteiger partial charge in [-0.15, -0.1) is 0 Å². The topological polar surface area (TPSA) is 60.7 Å². The number of rotatable bonds is 8. The van der Waals surface area contributed by atoms with Gasteiger partial charge in [0.15, 0.2) is 11.5 Å². The molecule has 3 rings (SSSR count). The van der Waals surface area contributed by atoms with E-state index in [0.717, 1.165) is 5.56 Å². The first-order valence-corrected chi connectivity index (χ1v) is 8.92. The van der Waals surface area contributed by atoms with E-state index >= 15 is 0 Å². The molecule has 0 aliphatic carbocycles. The fraction of sp³-hybridized carbons (Fsp3) is 0.227. The lowest BCUT2D eigenvalue weighted by Crippen LogP contribution is -2.22. The maximum Gasteiger partial charge on any atom is 0.220 e. The second-order valence-corrected chi connectivity index (χ2v) is 6.21. The molecule has 0 atom stereocenters. The first-order valence-electron chi connectivity index (χ1n) is 8.92. The summed E-state index contributed by atoms with van der Waals surface area (Å²) in [5, 5.41) is 2.87. The molecule has 0 unspecified atom stereocenters. The third kappa shape index (κ3) is 4.71. The van der Waals surface area contributed by atoms with E-state index in [1.807, 2.05) is 12.1 Å². The van der Waals surface area contributed by atoms with Crippen LogP contribution in [0.4, 0.5) is 4.39 Å². The zero-order valence-corrected chi connectivity index (χ0v) is 15.8. The number of aryl methyl sites for hydroxylation is 1. The summed E-state index contributed by atoms with van der Waals surface area (Å²) in [6.45, 7) is 0.387. The van der Waals surface area contributed by atoms with Crippen LogP contribution in [-0.4, -0.2) is 20.1 Å². The van der Waals surface area contributed by atoms with Crippen LogP contribution < -0.4 is 14.8 Å². The molecule has 5 nitrogen and oxygen atoms in total. The van der Waals surface area contributed by atoms with Crippen molar-refractivity contribution in [1.82, 2.24) is 5.32 Å². The molecule has 1 aromatic heterocycles. The van der Waals surface area contributed by atoms with E-state index in [9.17, 15) is 9.18 Å². The molecule has 1 heterocycles. The van der Waals surface area contributed by atoms with Gasteiger partial charge in [0, 0.05) is 19.4 Å². The summed E-state index contributed by atoms with van der Waals surface area (Å²) in [6, 6.07) is 15.4. The summed E-state index contributed by atoms with van der Waals surface area (Å²) in [5.74, 6) is 1.92. The van der Waals surface area contributed by atoms with Crippen LogP contribution in [-0.2, 0) is 17.8 Å². The number of carbonyl (C=O) groups is 1. The Kier molecular flexibility index (Phi) is 6.32. The van der Waals surface area contributed by atoms with Crippen molar-refractivity contribution in [1.29, 1.82) is 0 Å². The molecule has 0 saturated heterocycles. The molecule has 6 heteroatoms. The number of methoxy groups -OCH3 is 2. The van der Waals surface area contributed by atoms with E-state index < -0.39 is 0 Å². The van der Waals surface area contributed by atoms with Crippen LogP contribution in [0.2, 0.25) is 0 Å². The molecule has 28 heavy (non-hydrogen) atoms. The number of ether oxygens (including phenoxy) is 2. The van der Waals surface area contributed by atoms with Crippen molar-refractivity contribution in [3.8, 4) is 22.8 Å². The third-order valence-electron chi connectivity index (χ3n) is 4.34. The minimum absolute atomic E-state index is 0.0985. The van der Waals surface area contributed by atoms with Gasteiger partial charge in [0.2, 0.25) is 5.91 Å². The second-order valence-electron chi connectivity index (χ2n) is 6.21. The van der Waals surface area contributed by atoms with Crippen LogP contribution in [0.5, 0.6) is 11.5 Å². The molecular weight excluding hydrogens is 361 g/mol. The van der Waals surface area contributed by atoms with Crippen molar-refractivity contribution in [3.05, 3.63) is 71.7 Å². The van der Waals surface area contributed by atoms with E-state index in [1.165, 1.54) is 6.07 Å². The Labute approximate surface area is 163 Å². The molecule has 3 aromatic rings. The minimum Gasteiger partial charge on any atom is -0.493 e. The van der Waals surface area contributed by atoms with Gasteiger partial charge in [-0.3, -0.25) is 4.79 Å². The first kappa shape index (κ1) is 19.5. The molecule has 0 radical (unpaired) electrons. The Hall–Kier alpha value is -3.28. The maximum absolute atomic E-state index is 13.8. The van der Waals surface area contributed by atoms with Crippen molar-refractivity contribution in [3.63, 3.8) is 0 Å². The number of carbonyl (C=O) groups excluding carboxylic acids is 1. The zero-order valence-electron chi connectivity index (χ0n) is 15.8. The monoisotopic (exact) mass is 383 g/mol. The van der Waals surface area contributed by atoms with Crippen LogP contribution in [0.25, 0.3) is 11.3 Å². The molecule has 0 spiro atoms. The molecule has 2 aromatic carbocycles. The molecular formula is C22H22FNO4. The Morgan fingerprint density at radius 3 is 2.57 bits per heavy atom. The van der Waals surface area contributed by atoms with Gasteiger partial charge in [0.25, 0.3) is 0 Å². The third-order valence-corrected chi connectivity index (χ3v) is 4.34. The predicted octanol–water partition coefficient (Wildman–Crippen LogP) is 4.35. The number of furan rings is 1. The molecule has 146 valence electrons. The molecule has 0 aliphatic rings. The molecule has 0 saturated carbocycles. The Balaban J connectivity index is 1.52. The number of benzene rings is 2. The van der Waals surface area contributed by atoms with Crippen LogP contribution in [0.15, 0.2) is 59.0 Å². The smallest absolute Gasteiger partial charge is 0.220 e. The lowest BCUT2D eigenvalue weighted by molar-refractivity contribution is -0.121. The van der Waals surface area contributed by atoms with E-state index in [4.69, 9.17) is 13.9 Å². The van der Waals surface area contributed by atoms with Gasteiger partial charge in [-0.25, -0.2) is 4.39 Å². The van der Waals surface area contributed by atoms with Crippen LogP contribution >= 0.6 is 0 Å². The summed E-state index contributed by atoms with van der Waals surface area (Å²) in [6.07, 6.45) is 0.712. The molecule has 0 fully saturated rings. The minimum atomic E-state index is -0.337. The lowest BCUT2D eigenvalue weighted by Gasteiger charge is -2.10. The fourth-order valence-electron chi connectivity index (χ4n) is 2.83. The molecule has 0 bridgehead atoms. The van der Waals surface area contributed by atoms with Crippen molar-refractivity contribution < 1.29 is 23.1 Å². The van der Waals surface area contributed by atoms with Crippen molar-refractivity contribution in [2.24, 2.45) is 0 Å². The average Bonchev–Trinajstić information content (AvgIpc) is 3.19. The number of hydrogen-bond acceptors (Lipinski definition) is 4. The van der Waals surface area contributed by atoms with Crippen LogP contribution in [0, 0.1) is 5.82 Å². The quantitative estimate of drug-likeness (QED) is 0.628. The predicted molar refractivity (Wildman–Crippen MR) is 104 cm³/mol. The summed E-state index contributed by atoms with van der Waals surface area (Å²) in [7, 11) is 3.14. The molecule has 1 amide bonds. The van der Waals surface area contributed by atoms with E-state index in [1.54, 1.807) is 50.6 Å². The Morgan fingerprint density at radius 1 is 1.04 bits per heavy atom. The van der Waals surface area contributed by atoms with E-state index in [-0.39, 0.29) is 18.1 Å². The van der Waals surface area contributed by atoms with Crippen LogP contribution in [0.3, 0.4) is 0 Å². The van der Waals surface area contributed by atoms with Gasteiger partial charge in [0.05, 0.1) is 19.8 Å². The highest BCUT2D eigenvalue weighted by atomic mass is 19.1. The highest BCUT2D eigenvalue weighted by Crippen LogP contribution is 2.27. The van der Waals surface area contributed by atoms with Gasteiger partial charge in [-0.05, 0) is 42.0 Å². The fourth-order valence-corrected chi connectivity index (χ4v) is 2.83. The number of nitrogens with one attached hydrogen (secondary N) is 1. The number of amides is 1. The number of halogens is 1. The maximum atomic E-state index is 13.8. The van der Waals surface area contributed by atoms with Crippen LogP contribution in [0.1, 0.15) is 17.7 Å². The largest absolute Gasteiger partial charge is 0.493 e. The molecule has 0 aliphatic heterocycles. The summed E-state index contributed by atoms with van der Waals surface area (Å²) < 4.78 is 29.9. The van der Waals surface area contributed by atoms with Crippen molar-refractivity contribution in [2.45, 2.75) is 19.4 Å². The van der Waals surface area contributed by atoms with E-state index in [2.05, 4.69) is 5.32 Å². The van der Waals surface area contributed by atoms with Gasteiger partial charge < -0.3 is 19.2 Å². The van der Waals surface area contributed by atoms with E-state index in [0.29, 0.717) is 41.5 Å². The highest BCUT2D eigenvalue weighted by molar-refractivity contribution is 5.76.